The van der Waals surface area contributed by atoms with E-state index in [2.05, 4.69) is 5.32 Å². The summed E-state index contributed by atoms with van der Waals surface area (Å²) in [7, 11) is -2.14. The summed E-state index contributed by atoms with van der Waals surface area (Å²) >= 11 is 5.94. The monoisotopic (exact) mass is 559 g/mol. The zero-order valence-electron chi connectivity index (χ0n) is 21.3. The average Bonchev–Trinajstić information content (AvgIpc) is 2.89. The van der Waals surface area contributed by atoms with Gasteiger partial charge in [0.05, 0.1) is 11.9 Å². The Balaban J connectivity index is 1.84. The van der Waals surface area contributed by atoms with E-state index >= 15 is 0 Å². The normalized spacial score (nSPS) is 12.0. The Morgan fingerprint density at radius 2 is 1.61 bits per heavy atom. The van der Waals surface area contributed by atoms with E-state index in [1.807, 2.05) is 30.3 Å². The number of nitrogens with one attached hydrogen (secondary N) is 1. The minimum atomic E-state index is -3.63. The summed E-state index contributed by atoms with van der Waals surface area (Å²) in [4.78, 5) is 27.9. The summed E-state index contributed by atoms with van der Waals surface area (Å²) in [6.45, 7) is -0.0630. The Kier molecular flexibility index (Phi) is 10.3. The highest BCUT2D eigenvalue weighted by molar-refractivity contribution is 7.92. The van der Waals surface area contributed by atoms with Crippen molar-refractivity contribution in [2.45, 2.75) is 31.8 Å². The number of halogens is 2. The summed E-state index contributed by atoms with van der Waals surface area (Å²) in [5.41, 5.74) is 1.56. The zero-order valence-corrected chi connectivity index (χ0v) is 22.9. The van der Waals surface area contributed by atoms with E-state index < -0.39 is 21.9 Å². The summed E-state index contributed by atoms with van der Waals surface area (Å²) in [6, 6.07) is 20.8. The van der Waals surface area contributed by atoms with Crippen LogP contribution >= 0.6 is 11.6 Å². The van der Waals surface area contributed by atoms with Crippen molar-refractivity contribution in [2.75, 3.05) is 24.2 Å². The molecule has 0 aliphatic heterocycles. The third-order valence-corrected chi connectivity index (χ3v) is 7.53. The standard InChI is InChI=1S/C28H31ClFN3O4S/c1-31-28(35)26(19-21-9-4-3-5-10-21)32(20-22-11-6-7-12-25(22)30)27(34)13-8-18-33(38(2,36)37)24-16-14-23(29)15-17-24/h3-7,9-12,14-17,26H,8,13,18-20H2,1-2H3,(H,31,35). The number of hydrogen-bond donors (Lipinski definition) is 1. The number of carbonyl (C=O) groups excluding carboxylic acids is 2. The van der Waals surface area contributed by atoms with Crippen LogP contribution in [0.4, 0.5) is 10.1 Å². The van der Waals surface area contributed by atoms with Gasteiger partial charge in [-0.3, -0.25) is 13.9 Å². The molecule has 1 unspecified atom stereocenters. The van der Waals surface area contributed by atoms with E-state index in [-0.39, 0.29) is 49.7 Å². The Hall–Kier alpha value is -3.43. The maximum atomic E-state index is 14.6. The minimum absolute atomic E-state index is 0.0447. The van der Waals surface area contributed by atoms with Gasteiger partial charge in [-0.1, -0.05) is 60.1 Å². The largest absolute Gasteiger partial charge is 0.357 e. The smallest absolute Gasteiger partial charge is 0.242 e. The van der Waals surface area contributed by atoms with Crippen molar-refractivity contribution >= 4 is 39.1 Å². The molecule has 0 heterocycles. The fourth-order valence-corrected chi connectivity index (χ4v) is 5.23. The van der Waals surface area contributed by atoms with Gasteiger partial charge < -0.3 is 10.2 Å². The first-order valence-electron chi connectivity index (χ1n) is 12.1. The van der Waals surface area contributed by atoms with Crippen molar-refractivity contribution < 1.29 is 22.4 Å². The molecule has 0 saturated heterocycles. The second kappa shape index (κ2) is 13.4. The number of anilines is 1. The van der Waals surface area contributed by atoms with Crippen LogP contribution in [0, 0.1) is 5.82 Å². The molecule has 0 spiro atoms. The molecule has 38 heavy (non-hydrogen) atoms. The van der Waals surface area contributed by atoms with Crippen LogP contribution in [-0.2, 0) is 32.6 Å². The van der Waals surface area contributed by atoms with E-state index in [0.29, 0.717) is 10.7 Å². The van der Waals surface area contributed by atoms with Crippen molar-refractivity contribution in [3.63, 3.8) is 0 Å². The van der Waals surface area contributed by atoms with Crippen LogP contribution in [-0.4, -0.2) is 51.0 Å². The highest BCUT2D eigenvalue weighted by Gasteiger charge is 2.30. The molecule has 0 radical (unpaired) electrons. The van der Waals surface area contributed by atoms with E-state index in [1.54, 1.807) is 42.5 Å². The molecular weight excluding hydrogens is 529 g/mol. The lowest BCUT2D eigenvalue weighted by Gasteiger charge is -2.31. The molecule has 2 amide bonds. The molecule has 10 heteroatoms. The fourth-order valence-electron chi connectivity index (χ4n) is 4.14. The molecule has 3 rings (SSSR count). The summed E-state index contributed by atoms with van der Waals surface area (Å²) in [5, 5.41) is 3.09. The number of amides is 2. The fraction of sp³-hybridized carbons (Fsp3) is 0.286. The molecule has 1 atom stereocenters. The first-order chi connectivity index (χ1) is 18.1. The van der Waals surface area contributed by atoms with Gasteiger partial charge in [0.2, 0.25) is 21.8 Å². The molecule has 3 aromatic carbocycles. The van der Waals surface area contributed by atoms with Gasteiger partial charge in [-0.25, -0.2) is 12.8 Å². The van der Waals surface area contributed by atoms with Crippen molar-refractivity contribution in [3.8, 4) is 0 Å². The number of benzene rings is 3. The third kappa shape index (κ3) is 8.03. The van der Waals surface area contributed by atoms with Crippen molar-refractivity contribution in [1.82, 2.24) is 10.2 Å². The summed E-state index contributed by atoms with van der Waals surface area (Å²) in [6.07, 6.45) is 1.47. The number of likely N-dealkylation sites (N-methyl/N-ethyl adjacent to an activating group) is 1. The Morgan fingerprint density at radius 1 is 0.974 bits per heavy atom. The highest BCUT2D eigenvalue weighted by atomic mass is 35.5. The van der Waals surface area contributed by atoms with Crippen molar-refractivity contribution in [1.29, 1.82) is 0 Å². The van der Waals surface area contributed by atoms with Gasteiger partial charge in [0.15, 0.2) is 0 Å². The van der Waals surface area contributed by atoms with Gasteiger partial charge in [-0.05, 0) is 42.3 Å². The molecule has 0 bridgehead atoms. The van der Waals surface area contributed by atoms with Crippen LogP contribution in [0.1, 0.15) is 24.0 Å². The van der Waals surface area contributed by atoms with E-state index in [9.17, 15) is 22.4 Å². The van der Waals surface area contributed by atoms with Crippen LogP contribution in [0.15, 0.2) is 78.9 Å². The maximum absolute atomic E-state index is 14.6. The lowest BCUT2D eigenvalue weighted by Crippen LogP contribution is -2.50. The first kappa shape index (κ1) is 29.1. The van der Waals surface area contributed by atoms with Crippen LogP contribution < -0.4 is 9.62 Å². The van der Waals surface area contributed by atoms with Gasteiger partial charge in [0, 0.05) is 43.6 Å². The quantitative estimate of drug-likeness (QED) is 0.356. The SMILES string of the molecule is CNC(=O)C(Cc1ccccc1)N(Cc1ccccc1F)C(=O)CCCN(c1ccc(Cl)cc1)S(C)(=O)=O. The van der Waals surface area contributed by atoms with E-state index in [4.69, 9.17) is 11.6 Å². The maximum Gasteiger partial charge on any atom is 0.242 e. The molecule has 0 fully saturated rings. The molecule has 202 valence electrons. The van der Waals surface area contributed by atoms with Crippen molar-refractivity contribution in [2.24, 2.45) is 0 Å². The van der Waals surface area contributed by atoms with E-state index in [1.165, 1.54) is 22.3 Å². The predicted octanol–water partition coefficient (Wildman–Crippen LogP) is 4.41. The number of nitrogens with zero attached hydrogens (tertiary/aromatic N) is 2. The summed E-state index contributed by atoms with van der Waals surface area (Å²) in [5.74, 6) is -1.24. The van der Waals surface area contributed by atoms with Crippen LogP contribution in [0.2, 0.25) is 5.02 Å². The molecule has 0 aliphatic rings. The predicted molar refractivity (Wildman–Crippen MR) is 148 cm³/mol. The highest BCUT2D eigenvalue weighted by Crippen LogP contribution is 2.22. The van der Waals surface area contributed by atoms with Crippen LogP contribution in [0.3, 0.4) is 0 Å². The molecule has 0 aliphatic carbocycles. The van der Waals surface area contributed by atoms with Crippen molar-refractivity contribution in [3.05, 3.63) is 101 Å². The molecule has 3 aromatic rings. The van der Waals surface area contributed by atoms with Gasteiger partial charge in [0.1, 0.15) is 11.9 Å². The number of hydrogen-bond acceptors (Lipinski definition) is 4. The van der Waals surface area contributed by atoms with Gasteiger partial charge >= 0.3 is 0 Å². The van der Waals surface area contributed by atoms with Crippen LogP contribution in [0.5, 0.6) is 0 Å². The van der Waals surface area contributed by atoms with Gasteiger partial charge in [-0.15, -0.1) is 0 Å². The number of sulfonamides is 1. The Morgan fingerprint density at radius 3 is 2.21 bits per heavy atom. The topological polar surface area (TPSA) is 86.8 Å². The van der Waals surface area contributed by atoms with Gasteiger partial charge in [-0.2, -0.15) is 0 Å². The number of carbonyl (C=O) groups is 2. The average molecular weight is 560 g/mol. The Bertz CT molecular complexity index is 1340. The molecule has 1 N–H and O–H groups in total. The van der Waals surface area contributed by atoms with Crippen LogP contribution in [0.25, 0.3) is 0 Å². The first-order valence-corrected chi connectivity index (χ1v) is 14.3. The lowest BCUT2D eigenvalue weighted by atomic mass is 10.0. The molecule has 0 saturated carbocycles. The molecular formula is C28H31ClFN3O4S. The second-order valence-electron chi connectivity index (χ2n) is 8.85. The zero-order chi connectivity index (χ0) is 27.7. The second-order valence-corrected chi connectivity index (χ2v) is 11.2. The van der Waals surface area contributed by atoms with E-state index in [0.717, 1.165) is 11.8 Å². The Labute approximate surface area is 228 Å². The summed E-state index contributed by atoms with van der Waals surface area (Å²) < 4.78 is 40.7. The minimum Gasteiger partial charge on any atom is -0.357 e. The number of rotatable bonds is 12. The lowest BCUT2D eigenvalue weighted by molar-refractivity contribution is -0.141. The van der Waals surface area contributed by atoms with Gasteiger partial charge in [0.25, 0.3) is 0 Å². The molecule has 0 aromatic heterocycles. The molecule has 7 nitrogen and oxygen atoms in total. The third-order valence-electron chi connectivity index (χ3n) is 6.08.